The van der Waals surface area contributed by atoms with Gasteiger partial charge in [0.2, 0.25) is 0 Å². The highest BCUT2D eigenvalue weighted by Gasteiger charge is 2.19. The summed E-state index contributed by atoms with van der Waals surface area (Å²) in [5.41, 5.74) is 0.622. The summed E-state index contributed by atoms with van der Waals surface area (Å²) in [6.07, 6.45) is 0. The Morgan fingerprint density at radius 3 is 2.31 bits per heavy atom. The van der Waals surface area contributed by atoms with Crippen LogP contribution in [0.25, 0.3) is 0 Å². The minimum atomic E-state index is -1.23. The number of methoxy groups -OCH3 is 1. The average molecular weight is 226 g/mol. The predicted octanol–water partition coefficient (Wildman–Crippen LogP) is 1.61. The average Bonchev–Trinajstić information content (AvgIpc) is 2.29. The van der Waals surface area contributed by atoms with E-state index in [0.717, 1.165) is 0 Å². The van der Waals surface area contributed by atoms with E-state index in [1.807, 2.05) is 0 Å². The third kappa shape index (κ3) is 2.56. The van der Waals surface area contributed by atoms with E-state index in [1.54, 1.807) is 0 Å². The summed E-state index contributed by atoms with van der Waals surface area (Å²) >= 11 is 0. The number of carbonyl (C=O) groups is 2. The van der Waals surface area contributed by atoms with Crippen molar-refractivity contribution in [2.75, 3.05) is 13.8 Å². The molecule has 0 heterocycles. The molecule has 16 heavy (non-hydrogen) atoms. The number of hydrogen-bond donors (Lipinski definition) is 1. The second kappa shape index (κ2) is 5.25. The van der Waals surface area contributed by atoms with Crippen molar-refractivity contribution in [2.24, 2.45) is 0 Å². The molecule has 0 radical (unpaired) electrons. The fourth-order valence-electron chi connectivity index (χ4n) is 1.27. The number of carbonyl (C=O) groups excluding carboxylic acids is 1. The maximum atomic E-state index is 12.4. The third-order valence-electron chi connectivity index (χ3n) is 2.19. The van der Waals surface area contributed by atoms with Crippen LogP contribution in [-0.4, -0.2) is 30.8 Å². The summed E-state index contributed by atoms with van der Waals surface area (Å²) in [6, 6.07) is 5.63. The summed E-state index contributed by atoms with van der Waals surface area (Å²) in [4.78, 5) is 21.8. The van der Waals surface area contributed by atoms with E-state index in [4.69, 9.17) is 5.11 Å². The Morgan fingerprint density at radius 2 is 1.94 bits per heavy atom. The fourth-order valence-corrected chi connectivity index (χ4v) is 1.27. The molecule has 4 nitrogen and oxygen atoms in total. The van der Waals surface area contributed by atoms with Gasteiger partial charge in [0.15, 0.2) is 0 Å². The zero-order valence-corrected chi connectivity index (χ0v) is 8.64. The van der Waals surface area contributed by atoms with Gasteiger partial charge in [-0.2, -0.15) is 0 Å². The van der Waals surface area contributed by atoms with Gasteiger partial charge in [-0.05, 0) is 17.7 Å². The van der Waals surface area contributed by atoms with Crippen molar-refractivity contribution in [3.63, 3.8) is 0 Å². The van der Waals surface area contributed by atoms with E-state index in [1.165, 1.54) is 31.4 Å². The molecule has 1 N–H and O–H groups in total. The number of carboxylic acid groups (broad SMARTS) is 1. The second-order valence-corrected chi connectivity index (χ2v) is 3.16. The lowest BCUT2D eigenvalue weighted by Gasteiger charge is -2.08. The fraction of sp³-hybridized carbons (Fsp3) is 0.273. The molecule has 5 heteroatoms. The zero-order valence-electron chi connectivity index (χ0n) is 8.64. The van der Waals surface area contributed by atoms with E-state index in [9.17, 15) is 14.0 Å². The van der Waals surface area contributed by atoms with Crippen LogP contribution in [0.15, 0.2) is 24.3 Å². The number of aliphatic carboxylic acids is 1. The molecule has 0 saturated carbocycles. The second-order valence-electron chi connectivity index (χ2n) is 3.16. The smallest absolute Gasteiger partial charge is 0.337 e. The maximum Gasteiger partial charge on any atom is 0.337 e. The van der Waals surface area contributed by atoms with Crippen LogP contribution in [0.5, 0.6) is 0 Å². The van der Waals surface area contributed by atoms with Crippen LogP contribution in [0.4, 0.5) is 4.39 Å². The van der Waals surface area contributed by atoms with Crippen LogP contribution in [0.1, 0.15) is 21.8 Å². The molecule has 1 rings (SSSR count). The summed E-state index contributed by atoms with van der Waals surface area (Å²) in [5, 5.41) is 8.72. The van der Waals surface area contributed by atoms with Gasteiger partial charge in [-0.25, -0.2) is 9.18 Å². The number of halogens is 1. The highest BCUT2D eigenvalue weighted by molar-refractivity contribution is 5.89. The van der Waals surface area contributed by atoms with Crippen molar-refractivity contribution in [1.82, 2.24) is 0 Å². The monoisotopic (exact) mass is 226 g/mol. The zero-order chi connectivity index (χ0) is 12.1. The predicted molar refractivity (Wildman–Crippen MR) is 54.1 cm³/mol. The van der Waals surface area contributed by atoms with Crippen molar-refractivity contribution in [2.45, 2.75) is 5.92 Å². The molecular formula is C11H11FO4. The van der Waals surface area contributed by atoms with E-state index in [2.05, 4.69) is 4.74 Å². The Hall–Kier alpha value is -1.91. The first-order valence-corrected chi connectivity index (χ1v) is 4.57. The Kier molecular flexibility index (Phi) is 3.99. The molecule has 0 aliphatic heterocycles. The van der Waals surface area contributed by atoms with Gasteiger partial charge in [0, 0.05) is 0 Å². The van der Waals surface area contributed by atoms with Gasteiger partial charge in [0.25, 0.3) is 0 Å². The van der Waals surface area contributed by atoms with Gasteiger partial charge >= 0.3 is 11.9 Å². The molecule has 0 bridgehead atoms. The third-order valence-corrected chi connectivity index (χ3v) is 2.19. The number of rotatable bonds is 4. The van der Waals surface area contributed by atoms with Gasteiger partial charge in [-0.3, -0.25) is 4.79 Å². The molecule has 0 amide bonds. The Bertz CT molecular complexity index is 385. The molecule has 1 aromatic rings. The number of carboxylic acids is 1. The van der Waals surface area contributed by atoms with Crippen LogP contribution in [-0.2, 0) is 9.53 Å². The summed E-state index contributed by atoms with van der Waals surface area (Å²) in [6.45, 7) is -0.979. The largest absolute Gasteiger partial charge is 0.481 e. The first kappa shape index (κ1) is 12.2. The molecule has 0 fully saturated rings. The lowest BCUT2D eigenvalue weighted by atomic mass is 9.99. The maximum absolute atomic E-state index is 12.4. The normalized spacial score (nSPS) is 11.9. The summed E-state index contributed by atoms with van der Waals surface area (Å²) in [7, 11) is 1.25. The standard InChI is InChI=1S/C11H11FO4/c1-16-11(15)8-4-2-7(3-5-8)9(6-12)10(13)14/h2-5,9H,6H2,1H3,(H,13,14). The van der Waals surface area contributed by atoms with Crippen molar-refractivity contribution >= 4 is 11.9 Å². The number of benzene rings is 1. The molecule has 0 saturated heterocycles. The molecule has 1 unspecified atom stereocenters. The highest BCUT2D eigenvalue weighted by atomic mass is 19.1. The van der Waals surface area contributed by atoms with Gasteiger partial charge in [0.05, 0.1) is 12.7 Å². The van der Waals surface area contributed by atoms with Crippen LogP contribution in [0.3, 0.4) is 0 Å². The van der Waals surface area contributed by atoms with Crippen molar-refractivity contribution in [3.05, 3.63) is 35.4 Å². The molecular weight excluding hydrogens is 215 g/mol. The molecule has 0 spiro atoms. The van der Waals surface area contributed by atoms with Gasteiger partial charge in [-0.1, -0.05) is 12.1 Å². The molecule has 0 aliphatic rings. The Labute approximate surface area is 91.7 Å². The van der Waals surface area contributed by atoms with Crippen molar-refractivity contribution in [1.29, 1.82) is 0 Å². The lowest BCUT2D eigenvalue weighted by molar-refractivity contribution is -0.139. The lowest BCUT2D eigenvalue weighted by Crippen LogP contribution is -2.13. The summed E-state index contributed by atoms with van der Waals surface area (Å²) in [5.74, 6) is -2.93. The number of hydrogen-bond acceptors (Lipinski definition) is 3. The van der Waals surface area contributed by atoms with Crippen LogP contribution < -0.4 is 0 Å². The van der Waals surface area contributed by atoms with Gasteiger partial charge in [-0.15, -0.1) is 0 Å². The topological polar surface area (TPSA) is 63.6 Å². The molecule has 0 aliphatic carbocycles. The molecule has 86 valence electrons. The van der Waals surface area contributed by atoms with Gasteiger partial charge in [0.1, 0.15) is 12.6 Å². The summed E-state index contributed by atoms with van der Waals surface area (Å²) < 4.78 is 16.9. The van der Waals surface area contributed by atoms with E-state index >= 15 is 0 Å². The van der Waals surface area contributed by atoms with E-state index in [-0.39, 0.29) is 0 Å². The Morgan fingerprint density at radius 1 is 1.38 bits per heavy atom. The number of ether oxygens (including phenoxy) is 1. The molecule has 1 atom stereocenters. The van der Waals surface area contributed by atoms with Crippen molar-refractivity contribution in [3.8, 4) is 0 Å². The van der Waals surface area contributed by atoms with Gasteiger partial charge < -0.3 is 9.84 Å². The first-order valence-electron chi connectivity index (χ1n) is 4.57. The van der Waals surface area contributed by atoms with E-state index in [0.29, 0.717) is 11.1 Å². The van der Waals surface area contributed by atoms with Crippen LogP contribution in [0, 0.1) is 0 Å². The minimum Gasteiger partial charge on any atom is -0.481 e. The number of alkyl halides is 1. The minimum absolute atomic E-state index is 0.300. The van der Waals surface area contributed by atoms with E-state index < -0.39 is 24.5 Å². The quantitative estimate of drug-likeness (QED) is 0.792. The van der Waals surface area contributed by atoms with Crippen LogP contribution in [0.2, 0.25) is 0 Å². The number of esters is 1. The highest BCUT2D eigenvalue weighted by Crippen LogP contribution is 2.17. The van der Waals surface area contributed by atoms with Crippen molar-refractivity contribution < 1.29 is 23.8 Å². The Balaban J connectivity index is 2.93. The molecule has 1 aromatic carbocycles. The first-order chi connectivity index (χ1) is 7.60. The SMILES string of the molecule is COC(=O)c1ccc(C(CF)C(=O)O)cc1. The molecule has 0 aromatic heterocycles. The van der Waals surface area contributed by atoms with Crippen LogP contribution >= 0.6 is 0 Å².